The van der Waals surface area contributed by atoms with Crippen LogP contribution in [0.3, 0.4) is 0 Å². The fraction of sp³-hybridized carbons (Fsp3) is 0. The smallest absolute Gasteiger partial charge is 0.164 e. The lowest BCUT2D eigenvalue weighted by Gasteiger charge is -2.11. The molecule has 4 nitrogen and oxygen atoms in total. The van der Waals surface area contributed by atoms with Gasteiger partial charge in [0.1, 0.15) is 11.2 Å². The maximum absolute atomic E-state index is 6.55. The van der Waals surface area contributed by atoms with Crippen molar-refractivity contribution < 1.29 is 4.42 Å². The Kier molecular flexibility index (Phi) is 9.46. The number of rotatable bonds is 8. The molecule has 2 heterocycles. The second-order valence-corrected chi connectivity index (χ2v) is 16.4. The van der Waals surface area contributed by atoms with Crippen molar-refractivity contribution in [3.05, 3.63) is 237 Å². The van der Waals surface area contributed by atoms with Gasteiger partial charge in [-0.2, -0.15) is 0 Å². The van der Waals surface area contributed by atoms with Gasteiger partial charge in [0.15, 0.2) is 17.5 Å². The number of fused-ring (bicyclic) bond motifs is 4. The molecule has 12 rings (SSSR count). The van der Waals surface area contributed by atoms with Gasteiger partial charge in [-0.05, 0) is 103 Å². The van der Waals surface area contributed by atoms with Crippen molar-refractivity contribution in [2.24, 2.45) is 0 Å². The van der Waals surface area contributed by atoms with Crippen LogP contribution in [0.2, 0.25) is 0 Å². The molecular weight excluding hydrogens is 791 g/mol. The van der Waals surface area contributed by atoms with Crippen molar-refractivity contribution in [3.8, 4) is 89.8 Å². The van der Waals surface area contributed by atoms with Gasteiger partial charge in [0, 0.05) is 27.5 Å². The lowest BCUT2D eigenvalue weighted by atomic mass is 9.95. The number of hydrogen-bond donors (Lipinski definition) is 0. The molecule has 65 heavy (non-hydrogen) atoms. The normalized spacial score (nSPS) is 11.4. The summed E-state index contributed by atoms with van der Waals surface area (Å²) in [5.74, 6) is 1.84. The molecule has 0 spiro atoms. The predicted molar refractivity (Wildman–Crippen MR) is 268 cm³/mol. The van der Waals surface area contributed by atoms with E-state index in [9.17, 15) is 0 Å². The zero-order valence-corrected chi connectivity index (χ0v) is 35.3. The van der Waals surface area contributed by atoms with E-state index in [0.717, 1.165) is 77.6 Å². The first kappa shape index (κ1) is 38.0. The summed E-state index contributed by atoms with van der Waals surface area (Å²) in [6, 6.07) is 83.0. The highest BCUT2D eigenvalue weighted by Gasteiger charge is 2.17. The Morgan fingerprint density at radius 3 is 1.32 bits per heavy atom. The van der Waals surface area contributed by atoms with Crippen LogP contribution in [0.4, 0.5) is 0 Å². The summed E-state index contributed by atoms with van der Waals surface area (Å²) in [5, 5.41) is 4.65. The average Bonchev–Trinajstić information content (AvgIpc) is 3.77. The van der Waals surface area contributed by atoms with Crippen LogP contribution < -0.4 is 0 Å². The summed E-state index contributed by atoms with van der Waals surface area (Å²) in [4.78, 5) is 15.3. The van der Waals surface area contributed by atoms with Crippen molar-refractivity contribution in [1.82, 2.24) is 15.0 Å². The van der Waals surface area contributed by atoms with Crippen LogP contribution in [0.5, 0.6) is 0 Å². The van der Waals surface area contributed by atoms with Gasteiger partial charge in [0.25, 0.3) is 0 Å². The Balaban J connectivity index is 0.894. The van der Waals surface area contributed by atoms with Gasteiger partial charge in [-0.1, -0.05) is 200 Å². The molecule has 0 N–H and O–H groups in total. The number of benzene rings is 10. The molecule has 4 heteroatoms. The van der Waals surface area contributed by atoms with E-state index in [2.05, 4.69) is 231 Å². The second kappa shape index (κ2) is 16.2. The summed E-state index contributed by atoms with van der Waals surface area (Å²) in [7, 11) is 0. The zero-order chi connectivity index (χ0) is 43.1. The fourth-order valence-electron chi connectivity index (χ4n) is 8.97. The number of aromatic nitrogens is 3. The van der Waals surface area contributed by atoms with Crippen molar-refractivity contribution in [3.63, 3.8) is 0 Å². The van der Waals surface area contributed by atoms with E-state index >= 15 is 0 Å². The summed E-state index contributed by atoms with van der Waals surface area (Å²) in [6.07, 6.45) is 0. The van der Waals surface area contributed by atoms with Crippen LogP contribution in [0.15, 0.2) is 241 Å². The third kappa shape index (κ3) is 7.33. The third-order valence-electron chi connectivity index (χ3n) is 12.3. The Morgan fingerprint density at radius 1 is 0.246 bits per heavy atom. The molecule has 12 aromatic rings. The maximum Gasteiger partial charge on any atom is 0.164 e. The third-order valence-corrected chi connectivity index (χ3v) is 12.3. The van der Waals surface area contributed by atoms with Crippen LogP contribution in [-0.2, 0) is 0 Å². The van der Waals surface area contributed by atoms with Gasteiger partial charge in [0.05, 0.1) is 0 Å². The van der Waals surface area contributed by atoms with Gasteiger partial charge in [-0.15, -0.1) is 0 Å². The Hall–Kier alpha value is -8.73. The van der Waals surface area contributed by atoms with Crippen LogP contribution in [0.25, 0.3) is 123 Å². The topological polar surface area (TPSA) is 51.8 Å². The zero-order valence-electron chi connectivity index (χ0n) is 35.3. The molecule has 0 aliphatic rings. The van der Waals surface area contributed by atoms with Gasteiger partial charge in [-0.25, -0.2) is 15.0 Å². The van der Waals surface area contributed by atoms with Gasteiger partial charge >= 0.3 is 0 Å². The minimum absolute atomic E-state index is 0.608. The lowest BCUT2D eigenvalue weighted by Crippen LogP contribution is -2.00. The molecule has 0 saturated carbocycles. The Bertz CT molecular complexity index is 3690. The highest BCUT2D eigenvalue weighted by molar-refractivity contribution is 6.13. The number of hydrogen-bond acceptors (Lipinski definition) is 4. The van der Waals surface area contributed by atoms with E-state index in [-0.39, 0.29) is 0 Å². The molecule has 0 atom stereocenters. The summed E-state index contributed by atoms with van der Waals surface area (Å²) < 4.78 is 6.55. The Labute approximate surface area is 376 Å². The molecule has 0 amide bonds. The molecular formula is C61H39N3O. The highest BCUT2D eigenvalue weighted by Crippen LogP contribution is 2.40. The van der Waals surface area contributed by atoms with Crippen LogP contribution in [-0.4, -0.2) is 15.0 Å². The second-order valence-electron chi connectivity index (χ2n) is 16.4. The van der Waals surface area contributed by atoms with Crippen LogP contribution >= 0.6 is 0 Å². The molecule has 0 unspecified atom stereocenters. The molecule has 0 fully saturated rings. The van der Waals surface area contributed by atoms with E-state index in [1.54, 1.807) is 0 Å². The molecule has 0 bridgehead atoms. The van der Waals surface area contributed by atoms with Crippen molar-refractivity contribution in [1.29, 1.82) is 0 Å². The molecule has 10 aromatic carbocycles. The van der Waals surface area contributed by atoms with Crippen LogP contribution in [0, 0.1) is 0 Å². The molecule has 0 saturated heterocycles. The van der Waals surface area contributed by atoms with E-state index < -0.39 is 0 Å². The van der Waals surface area contributed by atoms with Gasteiger partial charge in [-0.3, -0.25) is 0 Å². The fourth-order valence-corrected chi connectivity index (χ4v) is 8.97. The van der Waals surface area contributed by atoms with E-state index in [0.29, 0.717) is 17.5 Å². The standard InChI is InChI=1S/C61H39N3O/c1-3-12-40(13-4-1)48-18-9-20-52(37-48)54-22-11-23-56-58(54)55-35-34-51(39-57(55)65-56)44-26-31-46(32-27-44)60-62-59(63-61(64-60)53-21-10-19-49(38-53)41-14-5-2-6-15-41)45-29-24-43(25-30-45)50-33-28-42-16-7-8-17-47(42)36-50/h1-39H. The first-order chi connectivity index (χ1) is 32.2. The van der Waals surface area contributed by atoms with E-state index in [1.807, 2.05) is 6.07 Å². The minimum atomic E-state index is 0.608. The van der Waals surface area contributed by atoms with Gasteiger partial charge in [0.2, 0.25) is 0 Å². The number of nitrogens with zero attached hydrogens (tertiary/aromatic N) is 3. The summed E-state index contributed by atoms with van der Waals surface area (Å²) in [5.41, 5.74) is 15.8. The average molecular weight is 830 g/mol. The first-order valence-corrected chi connectivity index (χ1v) is 21.9. The lowest BCUT2D eigenvalue weighted by molar-refractivity contribution is 0.669. The molecule has 0 aliphatic heterocycles. The minimum Gasteiger partial charge on any atom is -0.456 e. The quantitative estimate of drug-likeness (QED) is 0.153. The molecule has 0 radical (unpaired) electrons. The monoisotopic (exact) mass is 829 g/mol. The largest absolute Gasteiger partial charge is 0.456 e. The Morgan fingerprint density at radius 2 is 0.677 bits per heavy atom. The van der Waals surface area contributed by atoms with Crippen molar-refractivity contribution >= 4 is 32.7 Å². The molecule has 0 aliphatic carbocycles. The van der Waals surface area contributed by atoms with Crippen molar-refractivity contribution in [2.45, 2.75) is 0 Å². The number of furan rings is 1. The maximum atomic E-state index is 6.55. The molecule has 304 valence electrons. The SMILES string of the molecule is c1ccc(-c2cccc(-c3nc(-c4ccc(-c5ccc6ccccc6c5)cc4)nc(-c4ccc(-c5ccc6c(c5)oc5cccc(-c7cccc(-c8ccccc8)c7)c56)cc4)n3)c2)cc1. The summed E-state index contributed by atoms with van der Waals surface area (Å²) >= 11 is 0. The highest BCUT2D eigenvalue weighted by atomic mass is 16.3. The summed E-state index contributed by atoms with van der Waals surface area (Å²) in [6.45, 7) is 0. The van der Waals surface area contributed by atoms with E-state index in [4.69, 9.17) is 19.4 Å². The van der Waals surface area contributed by atoms with E-state index in [1.165, 1.54) is 27.5 Å². The first-order valence-electron chi connectivity index (χ1n) is 21.9. The van der Waals surface area contributed by atoms with Crippen LogP contribution in [0.1, 0.15) is 0 Å². The van der Waals surface area contributed by atoms with Crippen molar-refractivity contribution in [2.75, 3.05) is 0 Å². The predicted octanol–water partition coefficient (Wildman–Crippen LogP) is 16.3. The molecule has 2 aromatic heterocycles. The van der Waals surface area contributed by atoms with Gasteiger partial charge < -0.3 is 4.42 Å².